The molecule has 26 heavy (non-hydrogen) atoms. The molecule has 118 valence electrons. The van der Waals surface area contributed by atoms with E-state index in [1.54, 1.807) is 6.20 Å². The van der Waals surface area contributed by atoms with Gasteiger partial charge >= 0.3 is 0 Å². The van der Waals surface area contributed by atoms with Crippen LogP contribution in [0.25, 0.3) is 43.2 Å². The predicted octanol–water partition coefficient (Wildman–Crippen LogP) is 5.44. The Bertz CT molecular complexity index is 1450. The Labute approximate surface area is 149 Å². The van der Waals surface area contributed by atoms with Gasteiger partial charge < -0.3 is 0 Å². The molecule has 0 fully saturated rings. The number of aromatic nitrogens is 1. The zero-order valence-corrected chi connectivity index (χ0v) is 13.7. The molecule has 0 aliphatic rings. The normalized spacial score (nSPS) is 11.0. The number of nitrogens with zero attached hydrogens (tertiary/aromatic N) is 3. The number of pyridine rings is 1. The van der Waals surface area contributed by atoms with Crippen molar-refractivity contribution in [3.05, 3.63) is 78.0 Å². The van der Waals surface area contributed by atoms with E-state index in [9.17, 15) is 10.5 Å². The van der Waals surface area contributed by atoms with E-state index in [1.165, 1.54) is 0 Å². The molecule has 5 aromatic rings. The van der Waals surface area contributed by atoms with E-state index in [1.807, 2.05) is 36.4 Å². The lowest BCUT2D eigenvalue weighted by atomic mass is 9.91. The van der Waals surface area contributed by atoms with Crippen LogP contribution in [0.1, 0.15) is 11.1 Å². The molecular weight excluding hydrogens is 318 g/mol. The number of rotatable bonds is 0. The summed E-state index contributed by atoms with van der Waals surface area (Å²) in [7, 11) is 0. The third-order valence-electron chi connectivity index (χ3n) is 4.95. The molecule has 0 amide bonds. The first kappa shape index (κ1) is 14.4. The van der Waals surface area contributed by atoms with Gasteiger partial charge in [-0.3, -0.25) is 4.98 Å². The Kier molecular flexibility index (Phi) is 2.92. The molecule has 0 aliphatic heterocycles. The fraction of sp³-hybridized carbons (Fsp3) is 0. The fourth-order valence-electron chi connectivity index (χ4n) is 3.80. The maximum atomic E-state index is 9.45. The first-order chi connectivity index (χ1) is 12.8. The molecule has 0 N–H and O–H groups in total. The lowest BCUT2D eigenvalue weighted by Gasteiger charge is -2.12. The van der Waals surface area contributed by atoms with Gasteiger partial charge in [0, 0.05) is 17.0 Å². The van der Waals surface area contributed by atoms with Gasteiger partial charge in [-0.1, -0.05) is 42.5 Å². The molecule has 0 saturated heterocycles. The van der Waals surface area contributed by atoms with Crippen molar-refractivity contribution in [1.82, 2.24) is 4.98 Å². The van der Waals surface area contributed by atoms with Crippen molar-refractivity contribution in [3.8, 4) is 12.1 Å². The van der Waals surface area contributed by atoms with Crippen LogP contribution in [0.2, 0.25) is 0 Å². The minimum atomic E-state index is 0.394. The zero-order chi connectivity index (χ0) is 17.7. The summed E-state index contributed by atoms with van der Waals surface area (Å²) in [5, 5.41) is 26.2. The third kappa shape index (κ3) is 1.83. The van der Waals surface area contributed by atoms with Gasteiger partial charge in [-0.2, -0.15) is 10.5 Å². The van der Waals surface area contributed by atoms with Crippen LogP contribution in [0.4, 0.5) is 0 Å². The molecule has 0 saturated carbocycles. The highest BCUT2D eigenvalue weighted by Crippen LogP contribution is 2.38. The topological polar surface area (TPSA) is 60.5 Å². The second kappa shape index (κ2) is 5.28. The molecule has 0 aliphatic carbocycles. The molecular formula is C23H11N3. The van der Waals surface area contributed by atoms with Gasteiger partial charge in [0.1, 0.15) is 12.1 Å². The standard InChI is InChI=1S/C23H11N3/c24-12-15-10-20-18-8-7-14-4-1-2-5-17(14)22(18)23-19(6-3-9-26-23)21(20)11-16(15)13-25/h1-11H. The number of nitriles is 2. The highest BCUT2D eigenvalue weighted by atomic mass is 14.6. The van der Waals surface area contributed by atoms with E-state index >= 15 is 0 Å². The lowest BCUT2D eigenvalue weighted by Crippen LogP contribution is -1.90. The maximum Gasteiger partial charge on any atom is 0.101 e. The van der Waals surface area contributed by atoms with Crippen LogP contribution in [-0.4, -0.2) is 4.98 Å². The van der Waals surface area contributed by atoms with Crippen LogP contribution in [-0.2, 0) is 0 Å². The average Bonchev–Trinajstić information content (AvgIpc) is 2.72. The Hall–Kier alpha value is -3.95. The molecule has 1 heterocycles. The molecule has 1 aromatic heterocycles. The second-order valence-corrected chi connectivity index (χ2v) is 6.28. The summed E-state index contributed by atoms with van der Waals surface area (Å²) in [6.45, 7) is 0. The predicted molar refractivity (Wildman–Crippen MR) is 104 cm³/mol. The number of hydrogen-bond donors (Lipinski definition) is 0. The SMILES string of the molecule is N#Cc1cc2c(cc1C#N)c1ccc3ccccc3c1c1ncccc21. The van der Waals surface area contributed by atoms with E-state index in [0.717, 1.165) is 43.2 Å². The van der Waals surface area contributed by atoms with Gasteiger partial charge in [0.15, 0.2) is 0 Å². The summed E-state index contributed by atoms with van der Waals surface area (Å²) in [5.74, 6) is 0. The van der Waals surface area contributed by atoms with Gasteiger partial charge in [-0.15, -0.1) is 0 Å². The minimum absolute atomic E-state index is 0.394. The van der Waals surface area contributed by atoms with Crippen LogP contribution in [0.15, 0.2) is 66.9 Å². The van der Waals surface area contributed by atoms with Crippen molar-refractivity contribution in [2.24, 2.45) is 0 Å². The van der Waals surface area contributed by atoms with E-state index in [0.29, 0.717) is 11.1 Å². The molecule has 0 radical (unpaired) electrons. The van der Waals surface area contributed by atoms with Crippen molar-refractivity contribution in [2.75, 3.05) is 0 Å². The molecule has 0 atom stereocenters. The van der Waals surface area contributed by atoms with Crippen LogP contribution >= 0.6 is 0 Å². The lowest BCUT2D eigenvalue weighted by molar-refractivity contribution is 1.43. The average molecular weight is 329 g/mol. The number of hydrogen-bond acceptors (Lipinski definition) is 3. The highest BCUT2D eigenvalue weighted by Gasteiger charge is 2.14. The Morgan fingerprint density at radius 1 is 0.654 bits per heavy atom. The van der Waals surface area contributed by atoms with Gasteiger partial charge in [0.2, 0.25) is 0 Å². The highest BCUT2D eigenvalue weighted by molar-refractivity contribution is 6.30. The fourth-order valence-corrected chi connectivity index (χ4v) is 3.80. The summed E-state index contributed by atoms with van der Waals surface area (Å²) >= 11 is 0. The van der Waals surface area contributed by atoms with Crippen molar-refractivity contribution in [1.29, 1.82) is 10.5 Å². The first-order valence-corrected chi connectivity index (χ1v) is 8.28. The van der Waals surface area contributed by atoms with Gasteiger partial charge in [0.25, 0.3) is 0 Å². The summed E-state index contributed by atoms with van der Waals surface area (Å²) in [5.41, 5.74) is 1.71. The minimum Gasteiger partial charge on any atom is -0.256 e. The van der Waals surface area contributed by atoms with E-state index in [-0.39, 0.29) is 0 Å². The maximum absolute atomic E-state index is 9.45. The van der Waals surface area contributed by atoms with E-state index in [2.05, 4.69) is 41.4 Å². The van der Waals surface area contributed by atoms with Crippen LogP contribution in [0.3, 0.4) is 0 Å². The molecule has 0 unspecified atom stereocenters. The van der Waals surface area contributed by atoms with Gasteiger partial charge in [0.05, 0.1) is 16.6 Å². The largest absolute Gasteiger partial charge is 0.256 e. The molecule has 3 heteroatoms. The smallest absolute Gasteiger partial charge is 0.101 e. The zero-order valence-electron chi connectivity index (χ0n) is 13.7. The summed E-state index contributed by atoms with van der Waals surface area (Å²) < 4.78 is 0. The Balaban J connectivity index is 2.18. The Morgan fingerprint density at radius 3 is 2.12 bits per heavy atom. The summed E-state index contributed by atoms with van der Waals surface area (Å²) in [4.78, 5) is 4.66. The molecule has 0 bridgehead atoms. The van der Waals surface area contributed by atoms with Crippen LogP contribution < -0.4 is 0 Å². The Morgan fingerprint density at radius 2 is 1.35 bits per heavy atom. The second-order valence-electron chi connectivity index (χ2n) is 6.28. The molecule has 0 spiro atoms. The quantitative estimate of drug-likeness (QED) is 0.355. The molecule has 5 rings (SSSR count). The number of benzene rings is 4. The van der Waals surface area contributed by atoms with Crippen LogP contribution in [0, 0.1) is 22.7 Å². The van der Waals surface area contributed by atoms with Crippen molar-refractivity contribution >= 4 is 43.2 Å². The summed E-state index contributed by atoms with van der Waals surface area (Å²) in [6.07, 6.45) is 1.80. The van der Waals surface area contributed by atoms with Crippen LogP contribution in [0.5, 0.6) is 0 Å². The van der Waals surface area contributed by atoms with Crippen molar-refractivity contribution in [3.63, 3.8) is 0 Å². The van der Waals surface area contributed by atoms with Gasteiger partial charge in [-0.25, -0.2) is 0 Å². The molecule has 4 aromatic carbocycles. The van der Waals surface area contributed by atoms with Gasteiger partial charge in [-0.05, 0) is 45.1 Å². The van der Waals surface area contributed by atoms with E-state index in [4.69, 9.17) is 0 Å². The monoisotopic (exact) mass is 329 g/mol. The third-order valence-corrected chi connectivity index (χ3v) is 4.95. The van der Waals surface area contributed by atoms with Crippen molar-refractivity contribution in [2.45, 2.75) is 0 Å². The summed E-state index contributed by atoms with van der Waals surface area (Å²) in [6, 6.07) is 24.3. The van der Waals surface area contributed by atoms with Crippen molar-refractivity contribution < 1.29 is 0 Å². The number of fused-ring (bicyclic) bond motifs is 8. The first-order valence-electron chi connectivity index (χ1n) is 8.28. The van der Waals surface area contributed by atoms with E-state index < -0.39 is 0 Å². The molecule has 3 nitrogen and oxygen atoms in total.